The Balaban J connectivity index is 1.96. The van der Waals surface area contributed by atoms with Crippen LogP contribution in [0.2, 0.25) is 0 Å². The average Bonchev–Trinajstić information content (AvgIpc) is 2.57. The maximum absolute atomic E-state index is 12.0. The third-order valence-corrected chi connectivity index (χ3v) is 2.84. The van der Waals surface area contributed by atoms with Gasteiger partial charge in [0.05, 0.1) is 19.6 Å². The van der Waals surface area contributed by atoms with Gasteiger partial charge in [0, 0.05) is 13.1 Å². The van der Waals surface area contributed by atoms with E-state index < -0.39 is 6.61 Å². The molecule has 0 bridgehead atoms. The number of halogens is 2. The summed E-state index contributed by atoms with van der Waals surface area (Å²) in [6, 6.07) is 6.30. The fourth-order valence-electron chi connectivity index (χ4n) is 1.88. The number of carbonyl (C=O) groups is 1. The van der Waals surface area contributed by atoms with E-state index in [9.17, 15) is 13.6 Å². The molecule has 1 aromatic carbocycles. The number of carbonyl (C=O) groups excluding carboxylic acids is 1. The van der Waals surface area contributed by atoms with E-state index in [1.54, 1.807) is 17.0 Å². The van der Waals surface area contributed by atoms with Gasteiger partial charge in [-0.05, 0) is 17.7 Å². The lowest BCUT2D eigenvalue weighted by molar-refractivity contribution is -0.131. The number of rotatable bonds is 4. The van der Waals surface area contributed by atoms with E-state index in [-0.39, 0.29) is 11.7 Å². The van der Waals surface area contributed by atoms with Gasteiger partial charge in [-0.25, -0.2) is 0 Å². The maximum Gasteiger partial charge on any atom is 0.387 e. The molecule has 0 spiro atoms. The van der Waals surface area contributed by atoms with Gasteiger partial charge in [0.15, 0.2) is 0 Å². The van der Waals surface area contributed by atoms with E-state index in [4.69, 9.17) is 4.74 Å². The topological polar surface area (TPSA) is 38.8 Å². The minimum atomic E-state index is -2.82. The number of ether oxygens (including phenoxy) is 2. The first-order valence-corrected chi connectivity index (χ1v) is 6.04. The molecule has 0 atom stereocenters. The molecule has 0 aromatic heterocycles. The molecule has 19 heavy (non-hydrogen) atoms. The summed E-state index contributed by atoms with van der Waals surface area (Å²) >= 11 is 0. The van der Waals surface area contributed by atoms with Gasteiger partial charge in [-0.1, -0.05) is 12.1 Å². The van der Waals surface area contributed by atoms with Crippen LogP contribution in [-0.2, 0) is 16.1 Å². The van der Waals surface area contributed by atoms with Crippen molar-refractivity contribution in [2.75, 3.05) is 19.8 Å². The summed E-state index contributed by atoms with van der Waals surface area (Å²) in [7, 11) is 0. The molecule has 104 valence electrons. The SMILES string of the molecule is O=C1CCOCCN1Cc1ccc(OC(F)F)cc1. The molecule has 1 aliphatic heterocycles. The Morgan fingerprint density at radius 2 is 2.00 bits per heavy atom. The van der Waals surface area contributed by atoms with Crippen molar-refractivity contribution in [3.05, 3.63) is 29.8 Å². The third kappa shape index (κ3) is 4.17. The van der Waals surface area contributed by atoms with E-state index in [2.05, 4.69) is 4.74 Å². The molecular weight excluding hydrogens is 256 g/mol. The lowest BCUT2D eigenvalue weighted by Gasteiger charge is -2.20. The second-order valence-electron chi connectivity index (χ2n) is 4.20. The highest BCUT2D eigenvalue weighted by molar-refractivity contribution is 5.76. The predicted molar refractivity (Wildman–Crippen MR) is 63.9 cm³/mol. The van der Waals surface area contributed by atoms with Crippen molar-refractivity contribution in [2.24, 2.45) is 0 Å². The Morgan fingerprint density at radius 1 is 1.26 bits per heavy atom. The number of benzene rings is 1. The van der Waals surface area contributed by atoms with Gasteiger partial charge in [-0.15, -0.1) is 0 Å². The molecule has 2 rings (SSSR count). The first-order valence-electron chi connectivity index (χ1n) is 6.04. The molecule has 0 radical (unpaired) electrons. The van der Waals surface area contributed by atoms with Crippen LogP contribution in [0, 0.1) is 0 Å². The Morgan fingerprint density at radius 3 is 2.68 bits per heavy atom. The maximum atomic E-state index is 12.0. The first-order chi connectivity index (χ1) is 9.15. The van der Waals surface area contributed by atoms with Crippen LogP contribution < -0.4 is 4.74 Å². The second kappa shape index (κ2) is 6.47. The molecule has 6 heteroatoms. The molecular formula is C13H15F2NO3. The van der Waals surface area contributed by atoms with Crippen LogP contribution in [0.15, 0.2) is 24.3 Å². The Kier molecular flexibility index (Phi) is 4.68. The van der Waals surface area contributed by atoms with Crippen molar-refractivity contribution >= 4 is 5.91 Å². The van der Waals surface area contributed by atoms with Crippen molar-refractivity contribution in [2.45, 2.75) is 19.6 Å². The van der Waals surface area contributed by atoms with Gasteiger partial charge in [0.2, 0.25) is 5.91 Å². The molecule has 4 nitrogen and oxygen atoms in total. The van der Waals surface area contributed by atoms with Crippen molar-refractivity contribution in [3.8, 4) is 5.75 Å². The van der Waals surface area contributed by atoms with Crippen LogP contribution in [0.3, 0.4) is 0 Å². The van der Waals surface area contributed by atoms with Gasteiger partial charge >= 0.3 is 6.61 Å². The van der Waals surface area contributed by atoms with Crippen LogP contribution in [0.25, 0.3) is 0 Å². The summed E-state index contributed by atoms with van der Waals surface area (Å²) in [5.41, 5.74) is 0.872. The molecule has 1 fully saturated rings. The molecule has 0 unspecified atom stereocenters. The predicted octanol–water partition coefficient (Wildman–Crippen LogP) is 2.04. The smallest absolute Gasteiger partial charge is 0.387 e. The highest BCUT2D eigenvalue weighted by Crippen LogP contribution is 2.16. The number of hydrogen-bond acceptors (Lipinski definition) is 3. The van der Waals surface area contributed by atoms with E-state index in [1.165, 1.54) is 12.1 Å². The Bertz CT molecular complexity index is 422. The van der Waals surface area contributed by atoms with E-state index in [0.29, 0.717) is 32.7 Å². The van der Waals surface area contributed by atoms with Gasteiger partial charge < -0.3 is 14.4 Å². The molecule has 1 saturated heterocycles. The number of alkyl halides is 2. The van der Waals surface area contributed by atoms with Crippen LogP contribution in [0.4, 0.5) is 8.78 Å². The third-order valence-electron chi connectivity index (χ3n) is 2.84. The van der Waals surface area contributed by atoms with Crippen LogP contribution in [0.1, 0.15) is 12.0 Å². The number of hydrogen-bond donors (Lipinski definition) is 0. The Hall–Kier alpha value is -1.69. The van der Waals surface area contributed by atoms with Gasteiger partial charge in [0.25, 0.3) is 0 Å². The zero-order valence-electron chi connectivity index (χ0n) is 10.4. The van der Waals surface area contributed by atoms with E-state index in [0.717, 1.165) is 5.56 Å². The molecule has 1 amide bonds. The van der Waals surface area contributed by atoms with Crippen molar-refractivity contribution in [3.63, 3.8) is 0 Å². The summed E-state index contributed by atoms with van der Waals surface area (Å²) in [4.78, 5) is 13.5. The fourth-order valence-corrected chi connectivity index (χ4v) is 1.88. The largest absolute Gasteiger partial charge is 0.435 e. The average molecular weight is 271 g/mol. The summed E-state index contributed by atoms with van der Waals surface area (Å²) < 4.78 is 33.5. The highest BCUT2D eigenvalue weighted by Gasteiger charge is 2.16. The van der Waals surface area contributed by atoms with Gasteiger partial charge in [-0.2, -0.15) is 8.78 Å². The van der Waals surface area contributed by atoms with Crippen molar-refractivity contribution in [1.82, 2.24) is 4.90 Å². The minimum Gasteiger partial charge on any atom is -0.435 e. The fraction of sp³-hybridized carbons (Fsp3) is 0.462. The van der Waals surface area contributed by atoms with E-state index >= 15 is 0 Å². The Labute approximate surface area is 109 Å². The number of amides is 1. The molecule has 1 aliphatic rings. The normalized spacial score (nSPS) is 16.6. The first kappa shape index (κ1) is 13.7. The molecule has 0 aliphatic carbocycles. The summed E-state index contributed by atoms with van der Waals surface area (Å²) in [5.74, 6) is 0.162. The summed E-state index contributed by atoms with van der Waals surface area (Å²) in [6.07, 6.45) is 0.382. The molecule has 1 heterocycles. The van der Waals surface area contributed by atoms with Crippen LogP contribution in [-0.4, -0.2) is 37.2 Å². The summed E-state index contributed by atoms with van der Waals surface area (Å²) in [6.45, 7) is -0.838. The van der Waals surface area contributed by atoms with Gasteiger partial charge in [-0.3, -0.25) is 4.79 Å². The van der Waals surface area contributed by atoms with Crippen LogP contribution >= 0.6 is 0 Å². The summed E-state index contributed by atoms with van der Waals surface area (Å²) in [5, 5.41) is 0. The minimum absolute atomic E-state index is 0.0467. The standard InChI is InChI=1S/C13H15F2NO3/c14-13(15)19-11-3-1-10(2-4-11)9-16-6-8-18-7-5-12(16)17/h1-4,13H,5-9H2. The zero-order chi connectivity index (χ0) is 13.7. The second-order valence-corrected chi connectivity index (χ2v) is 4.20. The van der Waals surface area contributed by atoms with Gasteiger partial charge in [0.1, 0.15) is 5.75 Å². The highest BCUT2D eigenvalue weighted by atomic mass is 19.3. The van der Waals surface area contributed by atoms with Crippen molar-refractivity contribution in [1.29, 1.82) is 0 Å². The van der Waals surface area contributed by atoms with Crippen LogP contribution in [0.5, 0.6) is 5.75 Å². The molecule has 0 saturated carbocycles. The number of nitrogens with zero attached hydrogens (tertiary/aromatic N) is 1. The monoisotopic (exact) mass is 271 g/mol. The van der Waals surface area contributed by atoms with Crippen molar-refractivity contribution < 1.29 is 23.0 Å². The zero-order valence-corrected chi connectivity index (χ0v) is 10.4. The lowest BCUT2D eigenvalue weighted by atomic mass is 10.2. The molecule has 1 aromatic rings. The molecule has 0 N–H and O–H groups in total. The van der Waals surface area contributed by atoms with E-state index in [1.807, 2.05) is 0 Å². The lowest BCUT2D eigenvalue weighted by Crippen LogP contribution is -2.31. The quantitative estimate of drug-likeness (QED) is 0.841.